The zero-order valence-electron chi connectivity index (χ0n) is 15.5. The molecule has 1 aliphatic heterocycles. The summed E-state index contributed by atoms with van der Waals surface area (Å²) in [5, 5.41) is 9.46. The molecule has 0 aromatic heterocycles. The lowest BCUT2D eigenvalue weighted by Crippen LogP contribution is -2.44. The predicted octanol–water partition coefficient (Wildman–Crippen LogP) is 2.86. The normalized spacial score (nSPS) is 23.9. The van der Waals surface area contributed by atoms with Gasteiger partial charge < -0.3 is 20.7 Å². The van der Waals surface area contributed by atoms with E-state index in [0.717, 1.165) is 32.4 Å². The third-order valence-electron chi connectivity index (χ3n) is 5.55. The largest absolute Gasteiger partial charge is 0.383 e. The average Bonchev–Trinajstić information content (AvgIpc) is 3.07. The van der Waals surface area contributed by atoms with Crippen molar-refractivity contribution >= 4 is 41.5 Å². The Morgan fingerprint density at radius 3 is 2.93 bits per heavy atom. The number of ether oxygens (including phenoxy) is 1. The Bertz CT molecular complexity index is 686. The third kappa shape index (κ3) is 4.74. The number of anilines is 1. The van der Waals surface area contributed by atoms with Crippen LogP contribution in [0.5, 0.6) is 0 Å². The topological polar surface area (TPSA) is 79.5 Å². The quantitative estimate of drug-likeness (QED) is 0.624. The summed E-state index contributed by atoms with van der Waals surface area (Å²) in [5.41, 5.74) is 0.692. The maximum atomic E-state index is 13.0. The first-order valence-electron chi connectivity index (χ1n) is 9.16. The highest BCUT2D eigenvalue weighted by atomic mass is 35.5. The van der Waals surface area contributed by atoms with Crippen molar-refractivity contribution in [1.82, 2.24) is 10.6 Å². The van der Waals surface area contributed by atoms with Gasteiger partial charge in [0.1, 0.15) is 0 Å². The van der Waals surface area contributed by atoms with Crippen LogP contribution < -0.4 is 16.0 Å². The zero-order chi connectivity index (χ0) is 18.6. The van der Waals surface area contributed by atoms with Crippen LogP contribution in [0.25, 0.3) is 0 Å². The summed E-state index contributed by atoms with van der Waals surface area (Å²) in [4.78, 5) is 25.1. The maximum Gasteiger partial charge on any atom is 0.252 e. The van der Waals surface area contributed by atoms with Crippen molar-refractivity contribution in [2.45, 2.75) is 25.7 Å². The summed E-state index contributed by atoms with van der Waals surface area (Å²) in [6, 6.07) is 5.01. The van der Waals surface area contributed by atoms with Gasteiger partial charge in [-0.25, -0.2) is 0 Å². The zero-order valence-corrected chi connectivity index (χ0v) is 17.0. The predicted molar refractivity (Wildman–Crippen MR) is 109 cm³/mol. The monoisotopic (exact) mass is 415 g/mol. The molecule has 6 nitrogen and oxygen atoms in total. The van der Waals surface area contributed by atoms with Gasteiger partial charge in [-0.15, -0.1) is 12.4 Å². The van der Waals surface area contributed by atoms with E-state index in [1.54, 1.807) is 25.3 Å². The van der Waals surface area contributed by atoms with Gasteiger partial charge in [-0.1, -0.05) is 24.4 Å². The molecule has 1 saturated heterocycles. The van der Waals surface area contributed by atoms with Crippen molar-refractivity contribution in [2.75, 3.05) is 38.7 Å². The van der Waals surface area contributed by atoms with E-state index in [9.17, 15) is 9.59 Å². The van der Waals surface area contributed by atoms with Crippen LogP contribution in [0.1, 0.15) is 36.0 Å². The third-order valence-corrected chi connectivity index (χ3v) is 5.87. The molecule has 150 valence electrons. The molecule has 0 bridgehead atoms. The number of carbonyl (C=O) groups excluding carboxylic acids is 2. The van der Waals surface area contributed by atoms with Crippen LogP contribution in [0.4, 0.5) is 5.69 Å². The highest BCUT2D eigenvalue weighted by Gasteiger charge is 2.49. The molecule has 0 radical (unpaired) electrons. The summed E-state index contributed by atoms with van der Waals surface area (Å²) in [7, 11) is 1.58. The first-order valence-corrected chi connectivity index (χ1v) is 9.53. The van der Waals surface area contributed by atoms with Crippen molar-refractivity contribution in [3.05, 3.63) is 28.8 Å². The van der Waals surface area contributed by atoms with Crippen molar-refractivity contribution in [3.63, 3.8) is 0 Å². The van der Waals surface area contributed by atoms with Gasteiger partial charge in [0.2, 0.25) is 5.91 Å². The molecule has 27 heavy (non-hydrogen) atoms. The second kappa shape index (κ2) is 9.73. The van der Waals surface area contributed by atoms with Gasteiger partial charge in [0.05, 0.1) is 22.6 Å². The van der Waals surface area contributed by atoms with E-state index in [4.69, 9.17) is 16.3 Å². The molecule has 8 heteroatoms. The number of amides is 2. The Morgan fingerprint density at radius 2 is 2.19 bits per heavy atom. The molecule has 3 N–H and O–H groups in total. The van der Waals surface area contributed by atoms with Crippen LogP contribution in [0.3, 0.4) is 0 Å². The first-order chi connectivity index (χ1) is 12.6. The number of hydrogen-bond acceptors (Lipinski definition) is 4. The second-order valence-electron chi connectivity index (χ2n) is 7.13. The number of benzene rings is 1. The lowest BCUT2D eigenvalue weighted by molar-refractivity contribution is -0.128. The van der Waals surface area contributed by atoms with Crippen LogP contribution in [-0.2, 0) is 9.53 Å². The number of methoxy groups -OCH3 is 1. The minimum atomic E-state index is -0.319. The fourth-order valence-corrected chi connectivity index (χ4v) is 4.35. The lowest BCUT2D eigenvalue weighted by Gasteiger charge is -2.37. The van der Waals surface area contributed by atoms with E-state index < -0.39 is 0 Å². The molecule has 1 heterocycles. The van der Waals surface area contributed by atoms with Crippen molar-refractivity contribution < 1.29 is 14.3 Å². The minimum Gasteiger partial charge on any atom is -0.383 e. The fourth-order valence-electron chi connectivity index (χ4n) is 4.08. The molecule has 1 aliphatic carbocycles. The van der Waals surface area contributed by atoms with E-state index in [2.05, 4.69) is 16.0 Å². The molecule has 2 fully saturated rings. The van der Waals surface area contributed by atoms with Gasteiger partial charge in [0.25, 0.3) is 5.91 Å². The van der Waals surface area contributed by atoms with E-state index in [1.807, 2.05) is 0 Å². The number of carbonyl (C=O) groups is 2. The summed E-state index contributed by atoms with van der Waals surface area (Å²) in [6.45, 7) is 2.50. The minimum absolute atomic E-state index is 0. The van der Waals surface area contributed by atoms with Gasteiger partial charge in [-0.3, -0.25) is 9.59 Å². The Morgan fingerprint density at radius 1 is 1.37 bits per heavy atom. The standard InChI is InChI=1S/C19H26ClN3O3.ClH/c1-26-9-8-22-17(24)15-6-5-14(10-16(15)20)23-18(25)19-7-3-2-4-13(19)11-21-12-19;/h5-6,10,13,21H,2-4,7-9,11-12H2,1H3,(H,22,24)(H,23,25);1H/t13-,19+;/m0./s1. The Kier molecular flexibility index (Phi) is 7.91. The molecular weight excluding hydrogens is 389 g/mol. The highest BCUT2D eigenvalue weighted by Crippen LogP contribution is 2.44. The van der Waals surface area contributed by atoms with Gasteiger partial charge in [0, 0.05) is 25.9 Å². The highest BCUT2D eigenvalue weighted by molar-refractivity contribution is 6.34. The summed E-state index contributed by atoms with van der Waals surface area (Å²) in [5.74, 6) is 0.203. The molecular formula is C19H27Cl2N3O3. The lowest BCUT2D eigenvalue weighted by atomic mass is 9.67. The summed E-state index contributed by atoms with van der Waals surface area (Å²) >= 11 is 6.26. The van der Waals surface area contributed by atoms with Crippen molar-refractivity contribution in [2.24, 2.45) is 11.3 Å². The smallest absolute Gasteiger partial charge is 0.252 e. The molecule has 2 aliphatic rings. The van der Waals surface area contributed by atoms with E-state index in [-0.39, 0.29) is 29.6 Å². The van der Waals surface area contributed by atoms with Crippen LogP contribution in [0.15, 0.2) is 18.2 Å². The number of halogens is 2. The average molecular weight is 416 g/mol. The van der Waals surface area contributed by atoms with Gasteiger partial charge in [0.15, 0.2) is 0 Å². The Labute approximate surface area is 171 Å². The molecule has 0 unspecified atom stereocenters. The summed E-state index contributed by atoms with van der Waals surface area (Å²) in [6.07, 6.45) is 4.30. The van der Waals surface area contributed by atoms with E-state index >= 15 is 0 Å². The van der Waals surface area contributed by atoms with E-state index in [0.29, 0.717) is 35.3 Å². The molecule has 1 aromatic rings. The van der Waals surface area contributed by atoms with Crippen molar-refractivity contribution in [1.29, 1.82) is 0 Å². The van der Waals surface area contributed by atoms with Crippen LogP contribution in [-0.4, -0.2) is 45.2 Å². The van der Waals surface area contributed by atoms with Gasteiger partial charge in [-0.05, 0) is 43.5 Å². The van der Waals surface area contributed by atoms with Crippen LogP contribution in [0.2, 0.25) is 5.02 Å². The molecule has 3 rings (SSSR count). The van der Waals surface area contributed by atoms with Crippen LogP contribution >= 0.6 is 24.0 Å². The summed E-state index contributed by atoms with van der Waals surface area (Å²) < 4.78 is 4.91. The number of nitrogens with one attached hydrogen (secondary N) is 3. The number of rotatable bonds is 6. The number of fused-ring (bicyclic) bond motifs is 1. The van der Waals surface area contributed by atoms with Crippen molar-refractivity contribution in [3.8, 4) is 0 Å². The fraction of sp³-hybridized carbons (Fsp3) is 0.579. The molecule has 1 saturated carbocycles. The number of hydrogen-bond donors (Lipinski definition) is 3. The second-order valence-corrected chi connectivity index (χ2v) is 7.53. The first kappa shape index (κ1) is 22.0. The molecule has 0 spiro atoms. The van der Waals surface area contributed by atoms with Crippen LogP contribution in [0, 0.1) is 11.3 Å². The van der Waals surface area contributed by atoms with E-state index in [1.165, 1.54) is 6.42 Å². The van der Waals surface area contributed by atoms with Gasteiger partial charge >= 0.3 is 0 Å². The molecule has 2 atom stereocenters. The SMILES string of the molecule is COCCNC(=O)c1ccc(NC(=O)[C@@]23CCCC[C@H]2CNC3)cc1Cl.Cl. The Balaban J connectivity index is 0.00000261. The van der Waals surface area contributed by atoms with Gasteiger partial charge in [-0.2, -0.15) is 0 Å². The maximum absolute atomic E-state index is 13.0. The Hall–Kier alpha value is -1.34. The molecule has 1 aromatic carbocycles. The molecule has 2 amide bonds.